The van der Waals surface area contributed by atoms with E-state index in [1.807, 2.05) is 5.38 Å². The Labute approximate surface area is 128 Å². The molecule has 0 unspecified atom stereocenters. The number of ether oxygens (including phenoxy) is 1. The van der Waals surface area contributed by atoms with Gasteiger partial charge in [-0.15, -0.1) is 11.3 Å². The van der Waals surface area contributed by atoms with Crippen molar-refractivity contribution in [2.75, 3.05) is 7.11 Å². The molecule has 0 fully saturated rings. The SMILES string of the molecule is COC(=O)Cc1csc2nc(-c3ccccc3[N+](=O)[O-])cn12. The second kappa shape index (κ2) is 5.57. The molecule has 22 heavy (non-hydrogen) atoms. The van der Waals surface area contributed by atoms with Gasteiger partial charge in [0.2, 0.25) is 0 Å². The predicted octanol–water partition coefficient (Wildman–Crippen LogP) is 2.69. The molecule has 7 nitrogen and oxygen atoms in total. The lowest BCUT2D eigenvalue weighted by Crippen LogP contribution is -2.05. The Morgan fingerprint density at radius 1 is 1.45 bits per heavy atom. The monoisotopic (exact) mass is 317 g/mol. The van der Waals surface area contributed by atoms with E-state index < -0.39 is 4.92 Å². The molecule has 0 spiro atoms. The van der Waals surface area contributed by atoms with Gasteiger partial charge in [0.05, 0.1) is 29.7 Å². The van der Waals surface area contributed by atoms with Gasteiger partial charge >= 0.3 is 5.97 Å². The van der Waals surface area contributed by atoms with Crippen molar-refractivity contribution in [3.63, 3.8) is 0 Å². The normalized spacial score (nSPS) is 10.8. The summed E-state index contributed by atoms with van der Waals surface area (Å²) >= 11 is 1.37. The number of benzene rings is 1. The third kappa shape index (κ3) is 2.44. The lowest BCUT2D eigenvalue weighted by atomic mass is 10.1. The summed E-state index contributed by atoms with van der Waals surface area (Å²) in [5.74, 6) is -0.347. The van der Waals surface area contributed by atoms with Crippen LogP contribution in [0.4, 0.5) is 5.69 Å². The average molecular weight is 317 g/mol. The number of rotatable bonds is 4. The van der Waals surface area contributed by atoms with Crippen LogP contribution in [-0.2, 0) is 16.0 Å². The van der Waals surface area contributed by atoms with Gasteiger partial charge in [0.25, 0.3) is 5.69 Å². The maximum Gasteiger partial charge on any atom is 0.311 e. The summed E-state index contributed by atoms with van der Waals surface area (Å²) in [6, 6.07) is 6.44. The van der Waals surface area contributed by atoms with Crippen molar-refractivity contribution in [1.29, 1.82) is 0 Å². The highest BCUT2D eigenvalue weighted by molar-refractivity contribution is 7.15. The Balaban J connectivity index is 2.07. The summed E-state index contributed by atoms with van der Waals surface area (Å²) < 4.78 is 6.41. The second-order valence-electron chi connectivity index (χ2n) is 4.53. The summed E-state index contributed by atoms with van der Waals surface area (Å²) in [7, 11) is 1.33. The van der Waals surface area contributed by atoms with Crippen LogP contribution in [0, 0.1) is 10.1 Å². The molecule has 0 saturated carbocycles. The average Bonchev–Trinajstić information content (AvgIpc) is 3.09. The zero-order valence-electron chi connectivity index (χ0n) is 11.6. The highest BCUT2D eigenvalue weighted by Gasteiger charge is 2.18. The van der Waals surface area contributed by atoms with Crippen molar-refractivity contribution in [3.05, 3.63) is 51.7 Å². The maximum atomic E-state index is 11.4. The Morgan fingerprint density at radius 2 is 2.23 bits per heavy atom. The predicted molar refractivity (Wildman–Crippen MR) is 80.9 cm³/mol. The highest BCUT2D eigenvalue weighted by Crippen LogP contribution is 2.30. The first kappa shape index (κ1) is 14.2. The lowest BCUT2D eigenvalue weighted by Gasteiger charge is -1.99. The van der Waals surface area contributed by atoms with Crippen molar-refractivity contribution >= 4 is 28.0 Å². The highest BCUT2D eigenvalue weighted by atomic mass is 32.1. The fourth-order valence-electron chi connectivity index (χ4n) is 2.16. The minimum Gasteiger partial charge on any atom is -0.469 e. The van der Waals surface area contributed by atoms with Crippen LogP contribution in [-0.4, -0.2) is 27.4 Å². The molecule has 112 valence electrons. The third-order valence-corrected chi connectivity index (χ3v) is 4.10. The van der Waals surface area contributed by atoms with Crippen LogP contribution in [0.15, 0.2) is 35.8 Å². The van der Waals surface area contributed by atoms with E-state index in [9.17, 15) is 14.9 Å². The second-order valence-corrected chi connectivity index (χ2v) is 5.37. The van der Waals surface area contributed by atoms with Crippen LogP contribution in [0.3, 0.4) is 0 Å². The first-order valence-corrected chi connectivity index (χ1v) is 7.24. The zero-order valence-corrected chi connectivity index (χ0v) is 12.4. The van der Waals surface area contributed by atoms with Crippen LogP contribution in [0.2, 0.25) is 0 Å². The number of nitrogens with zero attached hydrogens (tertiary/aromatic N) is 3. The van der Waals surface area contributed by atoms with Gasteiger partial charge in [0, 0.05) is 23.3 Å². The number of nitro groups is 1. The smallest absolute Gasteiger partial charge is 0.311 e. The summed E-state index contributed by atoms with van der Waals surface area (Å²) in [6.45, 7) is 0. The standard InChI is InChI=1S/C14H11N3O4S/c1-21-13(18)6-9-8-22-14-15-11(7-16(9)14)10-4-2-3-5-12(10)17(19)20/h2-5,7-8H,6H2,1H3. The van der Waals surface area contributed by atoms with E-state index in [1.54, 1.807) is 28.8 Å². The van der Waals surface area contributed by atoms with Crippen molar-refractivity contribution in [3.8, 4) is 11.3 Å². The van der Waals surface area contributed by atoms with Crippen LogP contribution in [0.1, 0.15) is 5.69 Å². The summed E-state index contributed by atoms with van der Waals surface area (Å²) in [4.78, 5) is 27.2. The van der Waals surface area contributed by atoms with Gasteiger partial charge in [-0.1, -0.05) is 12.1 Å². The van der Waals surface area contributed by atoms with Gasteiger partial charge in [-0.05, 0) is 6.07 Å². The number of fused-ring (bicyclic) bond motifs is 1. The molecular weight excluding hydrogens is 306 g/mol. The van der Waals surface area contributed by atoms with E-state index >= 15 is 0 Å². The van der Waals surface area contributed by atoms with E-state index in [2.05, 4.69) is 9.72 Å². The Morgan fingerprint density at radius 3 is 2.95 bits per heavy atom. The van der Waals surface area contributed by atoms with Crippen molar-refractivity contribution in [1.82, 2.24) is 9.38 Å². The first-order valence-electron chi connectivity index (χ1n) is 6.36. The molecule has 0 bridgehead atoms. The number of carbonyl (C=O) groups is 1. The molecule has 0 radical (unpaired) electrons. The number of imidazole rings is 1. The molecule has 0 aliphatic heterocycles. The number of nitro benzene ring substituents is 1. The fourth-order valence-corrected chi connectivity index (χ4v) is 3.03. The topological polar surface area (TPSA) is 86.7 Å². The Bertz CT molecular complexity index is 868. The first-order chi connectivity index (χ1) is 10.6. The molecule has 3 aromatic rings. The lowest BCUT2D eigenvalue weighted by molar-refractivity contribution is -0.384. The molecule has 2 heterocycles. The Kier molecular flexibility index (Phi) is 3.60. The quantitative estimate of drug-likeness (QED) is 0.419. The number of hydrogen-bond donors (Lipinski definition) is 0. The van der Waals surface area contributed by atoms with Gasteiger partial charge in [0.1, 0.15) is 0 Å². The van der Waals surface area contributed by atoms with Gasteiger partial charge in [-0.3, -0.25) is 19.3 Å². The van der Waals surface area contributed by atoms with Crippen molar-refractivity contribution < 1.29 is 14.5 Å². The fraction of sp³-hybridized carbons (Fsp3) is 0.143. The van der Waals surface area contributed by atoms with Gasteiger partial charge < -0.3 is 4.74 Å². The van der Waals surface area contributed by atoms with Crippen LogP contribution in [0.5, 0.6) is 0 Å². The molecule has 0 aliphatic rings. The number of esters is 1. The molecule has 8 heteroatoms. The largest absolute Gasteiger partial charge is 0.469 e. The molecule has 0 saturated heterocycles. The number of carbonyl (C=O) groups excluding carboxylic acids is 1. The van der Waals surface area contributed by atoms with Crippen molar-refractivity contribution in [2.24, 2.45) is 0 Å². The molecule has 0 amide bonds. The minimum atomic E-state index is -0.432. The molecular formula is C14H11N3O4S. The Hall–Kier alpha value is -2.74. The summed E-state index contributed by atoms with van der Waals surface area (Å²) in [5, 5.41) is 12.9. The number of hydrogen-bond acceptors (Lipinski definition) is 6. The van der Waals surface area contributed by atoms with Crippen molar-refractivity contribution in [2.45, 2.75) is 6.42 Å². The number of aromatic nitrogens is 2. The number of methoxy groups -OCH3 is 1. The van der Waals surface area contributed by atoms with E-state index in [0.717, 1.165) is 5.69 Å². The van der Waals surface area contributed by atoms with Crippen LogP contribution in [0.25, 0.3) is 16.2 Å². The molecule has 2 aromatic heterocycles. The molecule has 1 aromatic carbocycles. The minimum absolute atomic E-state index is 0.00257. The molecule has 0 N–H and O–H groups in total. The molecule has 0 atom stereocenters. The van der Waals surface area contributed by atoms with E-state index in [-0.39, 0.29) is 18.1 Å². The maximum absolute atomic E-state index is 11.4. The molecule has 3 rings (SSSR count). The number of para-hydroxylation sites is 1. The van der Waals surface area contributed by atoms with E-state index in [4.69, 9.17) is 0 Å². The van der Waals surface area contributed by atoms with Crippen LogP contribution >= 0.6 is 11.3 Å². The summed E-state index contributed by atoms with van der Waals surface area (Å²) in [6.07, 6.45) is 1.83. The number of thiazole rings is 1. The van der Waals surface area contributed by atoms with Gasteiger partial charge in [-0.25, -0.2) is 4.98 Å². The van der Waals surface area contributed by atoms with E-state index in [1.165, 1.54) is 24.5 Å². The summed E-state index contributed by atoms with van der Waals surface area (Å²) in [5.41, 5.74) is 1.70. The van der Waals surface area contributed by atoms with Gasteiger partial charge in [0.15, 0.2) is 4.96 Å². The van der Waals surface area contributed by atoms with Gasteiger partial charge in [-0.2, -0.15) is 0 Å². The zero-order chi connectivity index (χ0) is 15.7. The van der Waals surface area contributed by atoms with Crippen LogP contribution < -0.4 is 0 Å². The third-order valence-electron chi connectivity index (χ3n) is 3.21. The molecule has 0 aliphatic carbocycles. The van der Waals surface area contributed by atoms with E-state index in [0.29, 0.717) is 16.2 Å².